The van der Waals surface area contributed by atoms with Crippen molar-refractivity contribution >= 4 is 23.1 Å². The maximum atomic E-state index is 11.7. The van der Waals surface area contributed by atoms with Crippen molar-refractivity contribution in [1.29, 1.82) is 0 Å². The van der Waals surface area contributed by atoms with Gasteiger partial charge in [0, 0.05) is 29.7 Å². The lowest BCUT2D eigenvalue weighted by molar-refractivity contribution is 0.0601. The molecule has 4 aromatic rings. The molecule has 4 rings (SSSR count). The summed E-state index contributed by atoms with van der Waals surface area (Å²) in [6.07, 6.45) is 5.25. The predicted octanol–water partition coefficient (Wildman–Crippen LogP) is 3.94. The number of nitrogens with zero attached hydrogens (tertiary/aromatic N) is 3. The van der Waals surface area contributed by atoms with E-state index in [4.69, 9.17) is 14.5 Å². The normalized spacial score (nSPS) is 10.6. The Hall–Kier alpha value is -3.87. The quantitative estimate of drug-likeness (QED) is 0.533. The molecule has 0 fully saturated rings. The van der Waals surface area contributed by atoms with Crippen LogP contribution in [0.3, 0.4) is 0 Å². The van der Waals surface area contributed by atoms with Crippen LogP contribution < -0.4 is 10.1 Å². The van der Waals surface area contributed by atoms with Crippen LogP contribution in [0.5, 0.6) is 5.75 Å². The molecule has 0 radical (unpaired) electrons. The number of rotatable bonds is 5. The van der Waals surface area contributed by atoms with Gasteiger partial charge in [-0.1, -0.05) is 18.2 Å². The van der Waals surface area contributed by atoms with Crippen molar-refractivity contribution in [3.05, 3.63) is 72.7 Å². The van der Waals surface area contributed by atoms with Gasteiger partial charge in [0.2, 0.25) is 0 Å². The molecule has 140 valence electrons. The van der Waals surface area contributed by atoms with Gasteiger partial charge in [-0.25, -0.2) is 9.78 Å². The lowest BCUT2D eigenvalue weighted by Gasteiger charge is -2.10. The molecule has 2 aromatic heterocycles. The Balaban J connectivity index is 1.80. The second-order valence-corrected chi connectivity index (χ2v) is 6.04. The summed E-state index contributed by atoms with van der Waals surface area (Å²) >= 11 is 0. The molecule has 2 aromatic carbocycles. The van der Waals surface area contributed by atoms with Gasteiger partial charge in [-0.05, 0) is 24.3 Å². The van der Waals surface area contributed by atoms with Crippen LogP contribution in [0.4, 0.5) is 11.5 Å². The van der Waals surface area contributed by atoms with E-state index < -0.39 is 0 Å². The van der Waals surface area contributed by atoms with Crippen molar-refractivity contribution in [2.45, 2.75) is 0 Å². The van der Waals surface area contributed by atoms with Crippen LogP contribution in [0.15, 0.2) is 67.1 Å². The topological polar surface area (TPSA) is 77.8 Å². The van der Waals surface area contributed by atoms with E-state index in [2.05, 4.69) is 10.3 Å². The van der Waals surface area contributed by atoms with Crippen LogP contribution in [0, 0.1) is 0 Å². The van der Waals surface area contributed by atoms with E-state index >= 15 is 0 Å². The first-order chi connectivity index (χ1) is 13.7. The number of carbonyl (C=O) groups is 1. The number of imidazole rings is 1. The zero-order valence-electron chi connectivity index (χ0n) is 15.4. The third kappa shape index (κ3) is 3.25. The molecule has 0 spiro atoms. The maximum absolute atomic E-state index is 11.7. The van der Waals surface area contributed by atoms with Crippen LogP contribution >= 0.6 is 0 Å². The number of fused-ring (bicyclic) bond motifs is 1. The third-order valence-corrected chi connectivity index (χ3v) is 4.34. The van der Waals surface area contributed by atoms with Crippen molar-refractivity contribution < 1.29 is 14.3 Å². The largest absolute Gasteiger partial charge is 0.497 e. The SMILES string of the molecule is COC(=O)c1ccc(-c2nc3cnccn3c2Nc2cccc(OC)c2)cc1. The molecule has 0 bridgehead atoms. The minimum absolute atomic E-state index is 0.375. The van der Waals surface area contributed by atoms with Crippen LogP contribution in [0.25, 0.3) is 16.9 Å². The minimum Gasteiger partial charge on any atom is -0.497 e. The molecule has 0 unspecified atom stereocenters. The van der Waals surface area contributed by atoms with E-state index in [1.54, 1.807) is 31.6 Å². The van der Waals surface area contributed by atoms with Crippen molar-refractivity contribution in [2.24, 2.45) is 0 Å². The van der Waals surface area contributed by atoms with Gasteiger partial charge in [-0.15, -0.1) is 0 Å². The van der Waals surface area contributed by atoms with Crippen molar-refractivity contribution in [3.63, 3.8) is 0 Å². The van der Waals surface area contributed by atoms with Gasteiger partial charge in [-0.2, -0.15) is 0 Å². The fraction of sp³-hybridized carbons (Fsp3) is 0.0952. The Kier molecular flexibility index (Phi) is 4.63. The molecule has 28 heavy (non-hydrogen) atoms. The number of nitrogens with one attached hydrogen (secondary N) is 1. The number of hydrogen-bond acceptors (Lipinski definition) is 6. The molecule has 1 N–H and O–H groups in total. The summed E-state index contributed by atoms with van der Waals surface area (Å²) in [6, 6.07) is 14.8. The second-order valence-electron chi connectivity index (χ2n) is 6.04. The fourth-order valence-corrected chi connectivity index (χ4v) is 2.95. The molecule has 0 aliphatic heterocycles. The van der Waals surface area contributed by atoms with Crippen LogP contribution in [-0.4, -0.2) is 34.6 Å². The van der Waals surface area contributed by atoms with Crippen LogP contribution in [-0.2, 0) is 4.74 Å². The lowest BCUT2D eigenvalue weighted by atomic mass is 10.1. The number of hydrogen-bond donors (Lipinski definition) is 1. The summed E-state index contributed by atoms with van der Waals surface area (Å²) in [5, 5.41) is 3.42. The predicted molar refractivity (Wildman–Crippen MR) is 106 cm³/mol. The van der Waals surface area contributed by atoms with Gasteiger partial charge in [-0.3, -0.25) is 9.38 Å². The average molecular weight is 374 g/mol. The highest BCUT2D eigenvalue weighted by Gasteiger charge is 2.15. The van der Waals surface area contributed by atoms with E-state index in [1.807, 2.05) is 47.0 Å². The first-order valence-corrected chi connectivity index (χ1v) is 8.61. The second kappa shape index (κ2) is 7.40. The zero-order valence-corrected chi connectivity index (χ0v) is 15.4. The molecule has 2 heterocycles. The van der Waals surface area contributed by atoms with E-state index in [0.29, 0.717) is 11.2 Å². The van der Waals surface area contributed by atoms with E-state index in [-0.39, 0.29) is 5.97 Å². The highest BCUT2D eigenvalue weighted by molar-refractivity contribution is 5.90. The Morgan fingerprint density at radius 3 is 2.68 bits per heavy atom. The van der Waals surface area contributed by atoms with Crippen molar-refractivity contribution in [2.75, 3.05) is 19.5 Å². The van der Waals surface area contributed by atoms with E-state index in [0.717, 1.165) is 28.5 Å². The molecule has 0 aliphatic rings. The molecular formula is C21H18N4O3. The third-order valence-electron chi connectivity index (χ3n) is 4.34. The summed E-state index contributed by atoms with van der Waals surface area (Å²) in [7, 11) is 2.99. The Morgan fingerprint density at radius 2 is 1.93 bits per heavy atom. The standard InChI is InChI=1S/C21H18N4O3/c1-27-17-5-3-4-16(12-17)23-20-19(24-18-13-22-10-11-25(18)20)14-6-8-15(9-7-14)21(26)28-2/h3-13,23H,1-2H3. The van der Waals surface area contributed by atoms with Gasteiger partial charge >= 0.3 is 5.97 Å². The molecule has 0 saturated heterocycles. The van der Waals surface area contributed by atoms with Crippen LogP contribution in [0.1, 0.15) is 10.4 Å². The number of ether oxygens (including phenoxy) is 2. The van der Waals surface area contributed by atoms with Gasteiger partial charge in [0.15, 0.2) is 5.65 Å². The molecule has 0 atom stereocenters. The zero-order chi connectivity index (χ0) is 19.5. The summed E-state index contributed by atoms with van der Waals surface area (Å²) < 4.78 is 12.0. The molecule has 7 heteroatoms. The van der Waals surface area contributed by atoms with Gasteiger partial charge in [0.1, 0.15) is 17.3 Å². The monoisotopic (exact) mass is 374 g/mol. The molecule has 0 saturated carbocycles. The molecule has 0 amide bonds. The van der Waals surface area contributed by atoms with Crippen molar-refractivity contribution in [1.82, 2.24) is 14.4 Å². The van der Waals surface area contributed by atoms with Gasteiger partial charge < -0.3 is 14.8 Å². The molecule has 7 nitrogen and oxygen atoms in total. The minimum atomic E-state index is -0.375. The highest BCUT2D eigenvalue weighted by Crippen LogP contribution is 2.32. The number of benzene rings is 2. The smallest absolute Gasteiger partial charge is 0.337 e. The highest BCUT2D eigenvalue weighted by atomic mass is 16.5. The number of esters is 1. The summed E-state index contributed by atoms with van der Waals surface area (Å²) in [6.45, 7) is 0. The summed E-state index contributed by atoms with van der Waals surface area (Å²) in [5.41, 5.74) is 3.67. The maximum Gasteiger partial charge on any atom is 0.337 e. The van der Waals surface area contributed by atoms with E-state index in [1.165, 1.54) is 7.11 Å². The summed E-state index contributed by atoms with van der Waals surface area (Å²) in [4.78, 5) is 20.6. The first kappa shape index (κ1) is 17.5. The average Bonchev–Trinajstić information content (AvgIpc) is 3.12. The number of carbonyl (C=O) groups excluding carboxylic acids is 1. The van der Waals surface area contributed by atoms with E-state index in [9.17, 15) is 4.79 Å². The Morgan fingerprint density at radius 1 is 1.11 bits per heavy atom. The van der Waals surface area contributed by atoms with Gasteiger partial charge in [0.05, 0.1) is 26.0 Å². The molecular weight excluding hydrogens is 356 g/mol. The van der Waals surface area contributed by atoms with Crippen molar-refractivity contribution in [3.8, 4) is 17.0 Å². The Bertz CT molecular complexity index is 1140. The molecule has 0 aliphatic carbocycles. The van der Waals surface area contributed by atoms with Crippen LogP contribution in [0.2, 0.25) is 0 Å². The summed E-state index contributed by atoms with van der Waals surface area (Å²) in [5.74, 6) is 1.17. The first-order valence-electron chi connectivity index (χ1n) is 8.61. The Labute approximate surface area is 161 Å². The number of aromatic nitrogens is 3. The number of methoxy groups -OCH3 is 2. The number of anilines is 2. The fourth-order valence-electron chi connectivity index (χ4n) is 2.95. The lowest BCUT2D eigenvalue weighted by Crippen LogP contribution is -2.01. The van der Waals surface area contributed by atoms with Gasteiger partial charge in [0.25, 0.3) is 0 Å².